The summed E-state index contributed by atoms with van der Waals surface area (Å²) in [6.45, 7) is 4.23. The molecule has 2 aromatic carbocycles. The Kier molecular flexibility index (Phi) is 6.58. The number of nitro benzene ring substituents is 1. The lowest BCUT2D eigenvalue weighted by Gasteiger charge is -2.32. The van der Waals surface area contributed by atoms with Crippen LogP contribution >= 0.6 is 0 Å². The molecule has 0 bridgehead atoms. The third kappa shape index (κ3) is 4.88. The maximum absolute atomic E-state index is 13.3. The van der Waals surface area contributed by atoms with Gasteiger partial charge >= 0.3 is 0 Å². The van der Waals surface area contributed by atoms with Gasteiger partial charge in [-0.1, -0.05) is 42.5 Å². The summed E-state index contributed by atoms with van der Waals surface area (Å²) in [4.78, 5) is 34.9. The van der Waals surface area contributed by atoms with Crippen LogP contribution in [-0.4, -0.2) is 43.4 Å². The van der Waals surface area contributed by atoms with E-state index in [1.54, 1.807) is 30.6 Å². The molecule has 0 N–H and O–H groups in total. The number of piperidine rings is 1. The van der Waals surface area contributed by atoms with Gasteiger partial charge in [0.15, 0.2) is 0 Å². The summed E-state index contributed by atoms with van der Waals surface area (Å²) in [5.74, 6) is 1.35. The first-order valence-electron chi connectivity index (χ1n) is 12.1. The fourth-order valence-electron chi connectivity index (χ4n) is 4.88. The first kappa shape index (κ1) is 23.4. The van der Waals surface area contributed by atoms with E-state index in [1.165, 1.54) is 12.1 Å². The second kappa shape index (κ2) is 10.1. The zero-order valence-electron chi connectivity index (χ0n) is 20.1. The number of hydrogen-bond acceptors (Lipinski definition) is 5. The second-order valence-corrected chi connectivity index (χ2v) is 9.13. The molecule has 0 radical (unpaired) electrons. The predicted molar refractivity (Wildman–Crippen MR) is 138 cm³/mol. The average Bonchev–Trinajstić information content (AvgIpc) is 3.22. The van der Waals surface area contributed by atoms with E-state index in [0.29, 0.717) is 30.1 Å². The number of non-ortho nitro benzene ring substituents is 1. The highest BCUT2D eigenvalue weighted by Gasteiger charge is 2.24. The van der Waals surface area contributed by atoms with Crippen LogP contribution in [0.25, 0.3) is 16.6 Å². The van der Waals surface area contributed by atoms with Gasteiger partial charge in [0.05, 0.1) is 16.6 Å². The zero-order valence-corrected chi connectivity index (χ0v) is 20.1. The summed E-state index contributed by atoms with van der Waals surface area (Å²) < 4.78 is 2.24. The fraction of sp³-hybridized carbons (Fsp3) is 0.250. The van der Waals surface area contributed by atoms with E-state index < -0.39 is 4.92 Å². The van der Waals surface area contributed by atoms with Crippen LogP contribution in [0.15, 0.2) is 79.1 Å². The minimum Gasteiger partial charge on any atom is -0.339 e. The summed E-state index contributed by atoms with van der Waals surface area (Å²) in [6.07, 6.45) is 7.01. The third-order valence-electron chi connectivity index (χ3n) is 6.83. The Morgan fingerprint density at radius 2 is 1.83 bits per heavy atom. The maximum Gasteiger partial charge on any atom is 0.270 e. The van der Waals surface area contributed by atoms with Crippen molar-refractivity contribution in [1.82, 2.24) is 19.4 Å². The van der Waals surface area contributed by atoms with Crippen LogP contribution in [0.4, 0.5) is 5.69 Å². The number of carbonyl (C=O) groups is 1. The Morgan fingerprint density at radius 3 is 2.58 bits per heavy atom. The molecular formula is C28H27N5O3. The van der Waals surface area contributed by atoms with Crippen LogP contribution in [0.2, 0.25) is 0 Å². The van der Waals surface area contributed by atoms with Crippen molar-refractivity contribution >= 4 is 28.2 Å². The number of hydrogen-bond donors (Lipinski definition) is 0. The standard InChI is InChI=1S/C28H27N5O3/c1-20-30-26-18-29-13-10-27(26)32(20)19-21-11-14-31(15-12-21)28(34)17-25(22-6-3-2-4-7-22)23-8-5-9-24(16-23)33(35)36/h2-10,13,16-18,21H,11-12,14-15,19H2,1H3/b25-17+. The smallest absolute Gasteiger partial charge is 0.270 e. The van der Waals surface area contributed by atoms with Gasteiger partial charge in [-0.25, -0.2) is 4.98 Å². The van der Waals surface area contributed by atoms with E-state index in [2.05, 4.69) is 14.5 Å². The molecule has 4 aromatic rings. The lowest BCUT2D eigenvalue weighted by molar-refractivity contribution is -0.384. The van der Waals surface area contributed by atoms with Crippen molar-refractivity contribution in [2.75, 3.05) is 13.1 Å². The molecule has 1 aliphatic heterocycles. The highest BCUT2D eigenvalue weighted by atomic mass is 16.6. The Labute approximate surface area is 209 Å². The Hall–Kier alpha value is -4.33. The van der Waals surface area contributed by atoms with Gasteiger partial charge in [0.25, 0.3) is 5.69 Å². The first-order valence-corrected chi connectivity index (χ1v) is 12.1. The molecule has 36 heavy (non-hydrogen) atoms. The molecule has 0 unspecified atom stereocenters. The number of imidazole rings is 1. The monoisotopic (exact) mass is 481 g/mol. The molecule has 3 heterocycles. The first-order chi connectivity index (χ1) is 17.5. The molecule has 0 atom stereocenters. The van der Waals surface area contributed by atoms with Gasteiger partial charge in [0.1, 0.15) is 11.3 Å². The van der Waals surface area contributed by atoms with Crippen LogP contribution in [0, 0.1) is 23.0 Å². The van der Waals surface area contributed by atoms with Gasteiger partial charge in [-0.15, -0.1) is 0 Å². The molecule has 182 valence electrons. The summed E-state index contributed by atoms with van der Waals surface area (Å²) in [5, 5.41) is 11.3. The normalized spacial score (nSPS) is 14.8. The van der Waals surface area contributed by atoms with Crippen LogP contribution in [0.5, 0.6) is 0 Å². The molecule has 5 rings (SSSR count). The van der Waals surface area contributed by atoms with Crippen molar-refractivity contribution < 1.29 is 9.72 Å². The van der Waals surface area contributed by atoms with Gasteiger partial charge in [-0.3, -0.25) is 19.9 Å². The molecular weight excluding hydrogens is 454 g/mol. The largest absolute Gasteiger partial charge is 0.339 e. The number of carbonyl (C=O) groups excluding carboxylic acids is 1. The molecule has 8 nitrogen and oxygen atoms in total. The number of pyridine rings is 1. The topological polar surface area (TPSA) is 94.2 Å². The lowest BCUT2D eigenvalue weighted by atomic mass is 9.95. The molecule has 1 fully saturated rings. The molecule has 0 spiro atoms. The van der Waals surface area contributed by atoms with Crippen molar-refractivity contribution in [1.29, 1.82) is 0 Å². The molecule has 0 aliphatic carbocycles. The van der Waals surface area contributed by atoms with Gasteiger partial charge < -0.3 is 9.47 Å². The van der Waals surface area contributed by atoms with E-state index in [1.807, 2.05) is 48.2 Å². The maximum atomic E-state index is 13.3. The lowest BCUT2D eigenvalue weighted by Crippen LogP contribution is -2.38. The summed E-state index contributed by atoms with van der Waals surface area (Å²) in [7, 11) is 0. The minimum absolute atomic E-state index is 0.000643. The van der Waals surface area contributed by atoms with Crippen molar-refractivity contribution in [2.24, 2.45) is 5.92 Å². The Bertz CT molecular complexity index is 1440. The van der Waals surface area contributed by atoms with Gasteiger partial charge in [-0.05, 0) is 48.4 Å². The molecule has 1 saturated heterocycles. The van der Waals surface area contributed by atoms with Crippen molar-refractivity contribution in [3.05, 3.63) is 106 Å². The molecule has 0 saturated carbocycles. The van der Waals surface area contributed by atoms with Crippen molar-refractivity contribution in [2.45, 2.75) is 26.3 Å². The van der Waals surface area contributed by atoms with E-state index in [4.69, 9.17) is 0 Å². The van der Waals surface area contributed by atoms with E-state index in [9.17, 15) is 14.9 Å². The Balaban J connectivity index is 1.33. The number of nitrogens with zero attached hydrogens (tertiary/aromatic N) is 5. The van der Waals surface area contributed by atoms with E-state index >= 15 is 0 Å². The Morgan fingerprint density at radius 1 is 1.08 bits per heavy atom. The summed E-state index contributed by atoms with van der Waals surface area (Å²) in [6, 6.07) is 18.0. The van der Waals surface area contributed by atoms with Crippen LogP contribution in [0.1, 0.15) is 29.8 Å². The molecule has 1 aliphatic rings. The SMILES string of the molecule is Cc1nc2cnccc2n1CC1CCN(C(=O)/C=C(\c2ccccc2)c2cccc([N+](=O)[O-])c2)CC1. The van der Waals surface area contributed by atoms with Gasteiger partial charge in [0.2, 0.25) is 5.91 Å². The molecule has 2 aromatic heterocycles. The zero-order chi connectivity index (χ0) is 25.1. The highest BCUT2D eigenvalue weighted by molar-refractivity contribution is 5.99. The minimum atomic E-state index is -0.416. The number of likely N-dealkylation sites (tertiary alicyclic amines) is 1. The number of aromatic nitrogens is 3. The van der Waals surface area contributed by atoms with Crippen LogP contribution in [-0.2, 0) is 11.3 Å². The highest BCUT2D eigenvalue weighted by Crippen LogP contribution is 2.28. The summed E-state index contributed by atoms with van der Waals surface area (Å²) >= 11 is 0. The quantitative estimate of drug-likeness (QED) is 0.219. The van der Waals surface area contributed by atoms with Gasteiger partial charge in [0, 0.05) is 44.0 Å². The average molecular weight is 482 g/mol. The predicted octanol–water partition coefficient (Wildman–Crippen LogP) is 5.02. The number of fused-ring (bicyclic) bond motifs is 1. The number of rotatable bonds is 6. The molecule has 8 heteroatoms. The summed E-state index contributed by atoms with van der Waals surface area (Å²) in [5.41, 5.74) is 4.17. The number of benzene rings is 2. The van der Waals surface area contributed by atoms with E-state index in [0.717, 1.165) is 41.8 Å². The molecule has 1 amide bonds. The third-order valence-corrected chi connectivity index (χ3v) is 6.83. The van der Waals surface area contributed by atoms with Crippen molar-refractivity contribution in [3.8, 4) is 0 Å². The number of aryl methyl sites for hydroxylation is 1. The number of amides is 1. The van der Waals surface area contributed by atoms with E-state index in [-0.39, 0.29) is 11.6 Å². The number of nitro groups is 1. The van der Waals surface area contributed by atoms with Crippen molar-refractivity contribution in [3.63, 3.8) is 0 Å². The second-order valence-electron chi connectivity index (χ2n) is 9.13. The fourth-order valence-corrected chi connectivity index (χ4v) is 4.88. The van der Waals surface area contributed by atoms with Crippen LogP contribution in [0.3, 0.4) is 0 Å². The van der Waals surface area contributed by atoms with Gasteiger partial charge in [-0.2, -0.15) is 0 Å². The van der Waals surface area contributed by atoms with Crippen LogP contribution < -0.4 is 0 Å².